The van der Waals surface area contributed by atoms with E-state index in [9.17, 15) is 14.4 Å². The molecule has 0 saturated heterocycles. The quantitative estimate of drug-likeness (QED) is 0.370. The molecule has 188 valence electrons. The Kier molecular flexibility index (Phi) is 8.08. The molecule has 36 heavy (non-hydrogen) atoms. The molecule has 0 atom stereocenters. The lowest BCUT2D eigenvalue weighted by Crippen LogP contribution is -2.42. The van der Waals surface area contributed by atoms with Crippen molar-refractivity contribution in [1.29, 1.82) is 0 Å². The van der Waals surface area contributed by atoms with E-state index < -0.39 is 36.4 Å². The zero-order valence-electron chi connectivity index (χ0n) is 18.7. The Hall–Kier alpha value is -3.80. The van der Waals surface area contributed by atoms with Crippen LogP contribution in [0.5, 0.6) is 0 Å². The summed E-state index contributed by atoms with van der Waals surface area (Å²) in [5.41, 5.74) is 0.847. The zero-order valence-corrected chi connectivity index (χ0v) is 20.2. The molecular formula is C23H20Cl2N4O7. The van der Waals surface area contributed by atoms with Gasteiger partial charge in [-0.1, -0.05) is 41.4 Å². The molecule has 1 aliphatic rings. The predicted octanol–water partition coefficient (Wildman–Crippen LogP) is 2.99. The summed E-state index contributed by atoms with van der Waals surface area (Å²) in [6.07, 6.45) is -2.29. The molecule has 0 bridgehead atoms. The minimum Gasteiger partial charge on any atom is -0.481 e. The minimum atomic E-state index is -2.74. The van der Waals surface area contributed by atoms with Gasteiger partial charge in [-0.05, 0) is 31.2 Å². The zero-order chi connectivity index (χ0) is 26.6. The first kappa shape index (κ1) is 26.8. The van der Waals surface area contributed by atoms with Crippen molar-refractivity contribution in [3.05, 3.63) is 75.3 Å². The van der Waals surface area contributed by atoms with Crippen molar-refractivity contribution >= 4 is 46.8 Å². The number of benzene rings is 2. The van der Waals surface area contributed by atoms with Gasteiger partial charge >= 0.3 is 17.9 Å². The van der Waals surface area contributed by atoms with Crippen molar-refractivity contribution in [2.75, 3.05) is 0 Å². The third-order valence-electron chi connectivity index (χ3n) is 5.14. The van der Waals surface area contributed by atoms with E-state index in [4.69, 9.17) is 48.6 Å². The van der Waals surface area contributed by atoms with E-state index in [1.165, 1.54) is 0 Å². The third kappa shape index (κ3) is 5.88. The number of hydrogen-bond donors (Lipinski definition) is 4. The van der Waals surface area contributed by atoms with Crippen LogP contribution < -0.4 is 0 Å². The van der Waals surface area contributed by atoms with Crippen molar-refractivity contribution in [1.82, 2.24) is 14.8 Å². The number of hydrogen-bond acceptors (Lipinski definition) is 7. The maximum absolute atomic E-state index is 10.3. The molecule has 3 aromatic rings. The molecule has 0 unspecified atom stereocenters. The molecule has 1 aliphatic heterocycles. The normalized spacial score (nSPS) is 12.3. The first-order chi connectivity index (χ1) is 16.9. The lowest BCUT2D eigenvalue weighted by molar-refractivity contribution is -0.170. The molecule has 11 nitrogen and oxygen atoms in total. The van der Waals surface area contributed by atoms with Gasteiger partial charge in [0, 0.05) is 21.2 Å². The summed E-state index contributed by atoms with van der Waals surface area (Å²) in [6, 6.07) is 13.4. The summed E-state index contributed by atoms with van der Waals surface area (Å²) >= 11 is 12.6. The van der Waals surface area contributed by atoms with Gasteiger partial charge in [0.15, 0.2) is 11.4 Å². The van der Waals surface area contributed by atoms with Crippen LogP contribution in [-0.2, 0) is 20.9 Å². The number of aromatic nitrogens is 3. The molecule has 4 N–H and O–H groups in total. The number of aliphatic carboxylic acids is 3. The van der Waals surface area contributed by atoms with E-state index >= 15 is 0 Å². The molecule has 13 heteroatoms. The summed E-state index contributed by atoms with van der Waals surface area (Å²) in [5.74, 6) is -3.40. The highest BCUT2D eigenvalue weighted by atomic mass is 35.5. The fraction of sp³-hybridized carbons (Fsp3) is 0.217. The van der Waals surface area contributed by atoms with Gasteiger partial charge in [0.05, 0.1) is 24.2 Å². The first-order valence-corrected chi connectivity index (χ1v) is 11.1. The average molecular weight is 535 g/mol. The van der Waals surface area contributed by atoms with Gasteiger partial charge in [0.2, 0.25) is 0 Å². The molecule has 2 heterocycles. The molecule has 2 aromatic carbocycles. The summed E-state index contributed by atoms with van der Waals surface area (Å²) in [6.45, 7) is 2.36. The smallest absolute Gasteiger partial charge is 0.336 e. The van der Waals surface area contributed by atoms with Crippen LogP contribution in [0.4, 0.5) is 0 Å². The summed E-state index contributed by atoms with van der Waals surface area (Å²) in [4.78, 5) is 35.2. The van der Waals surface area contributed by atoms with E-state index in [0.717, 1.165) is 34.2 Å². The number of aryl methyl sites for hydroxylation is 1. The number of aliphatic hydroxyl groups is 1. The summed E-state index contributed by atoms with van der Waals surface area (Å²) in [5, 5.41) is 43.5. The van der Waals surface area contributed by atoms with Crippen LogP contribution in [0.15, 0.2) is 47.5 Å². The van der Waals surface area contributed by atoms with Crippen LogP contribution in [0.1, 0.15) is 35.6 Å². The molecule has 0 saturated carbocycles. The van der Waals surface area contributed by atoms with Crippen molar-refractivity contribution in [3.63, 3.8) is 0 Å². The molecule has 0 radical (unpaired) electrons. The molecule has 0 spiro atoms. The predicted molar refractivity (Wildman–Crippen MR) is 129 cm³/mol. The highest BCUT2D eigenvalue weighted by molar-refractivity contribution is 6.36. The van der Waals surface area contributed by atoms with Crippen LogP contribution in [0, 0.1) is 6.92 Å². The van der Waals surface area contributed by atoms with Crippen LogP contribution >= 0.6 is 23.2 Å². The number of rotatable bonds is 6. The Balaban J connectivity index is 0.000000240. The SMILES string of the molecule is Cc1nnc2n1-c1ccc(Cl)cc1C(c1ccccc1Cl)=NC2.O=C(O)CC(O)(CC(=O)O)C(=O)O. The number of fused-ring (bicyclic) bond motifs is 3. The third-order valence-corrected chi connectivity index (χ3v) is 5.70. The standard InChI is InChI=1S/C17H12Cl2N4.C6H8O7/c1-10-21-22-16-9-20-17(12-4-2-3-5-14(12)19)13-8-11(18)6-7-15(13)23(10)16;7-3(8)1-6(13,5(11)12)2-4(9)10/h2-8H,9H2,1H3;13H,1-2H2,(H,7,8)(H,9,10)(H,11,12). The van der Waals surface area contributed by atoms with E-state index in [1.54, 1.807) is 0 Å². The largest absolute Gasteiger partial charge is 0.481 e. The number of halogens is 2. The number of carbonyl (C=O) groups is 3. The van der Waals surface area contributed by atoms with E-state index in [0.29, 0.717) is 16.6 Å². The van der Waals surface area contributed by atoms with Gasteiger partial charge in [0.25, 0.3) is 0 Å². The Bertz CT molecular complexity index is 1350. The maximum atomic E-state index is 10.3. The number of carboxylic acid groups (broad SMARTS) is 3. The lowest BCUT2D eigenvalue weighted by atomic mass is 9.96. The molecule has 1 aromatic heterocycles. The van der Waals surface area contributed by atoms with Crippen molar-refractivity contribution in [3.8, 4) is 5.69 Å². The van der Waals surface area contributed by atoms with Crippen molar-refractivity contribution < 1.29 is 34.8 Å². The van der Waals surface area contributed by atoms with Crippen LogP contribution in [0.3, 0.4) is 0 Å². The number of carboxylic acids is 3. The highest BCUT2D eigenvalue weighted by Gasteiger charge is 2.40. The average Bonchev–Trinajstić information content (AvgIpc) is 3.06. The lowest BCUT2D eigenvalue weighted by Gasteiger charge is -2.18. The Labute approximate surface area is 214 Å². The van der Waals surface area contributed by atoms with Crippen molar-refractivity contribution in [2.24, 2.45) is 4.99 Å². The molecular weight excluding hydrogens is 515 g/mol. The van der Waals surface area contributed by atoms with E-state index in [2.05, 4.69) is 10.2 Å². The topological polar surface area (TPSA) is 175 Å². The second-order valence-electron chi connectivity index (χ2n) is 7.78. The fourth-order valence-electron chi connectivity index (χ4n) is 3.55. The molecule has 0 aliphatic carbocycles. The molecule has 4 rings (SSSR count). The van der Waals surface area contributed by atoms with Gasteiger partial charge in [-0.3, -0.25) is 19.1 Å². The Morgan fingerprint density at radius 2 is 1.61 bits per heavy atom. The Morgan fingerprint density at radius 3 is 2.19 bits per heavy atom. The van der Waals surface area contributed by atoms with Crippen LogP contribution in [0.25, 0.3) is 5.69 Å². The van der Waals surface area contributed by atoms with Crippen LogP contribution in [0.2, 0.25) is 10.0 Å². The van der Waals surface area contributed by atoms with Gasteiger partial charge in [-0.15, -0.1) is 10.2 Å². The molecule has 0 amide bonds. The fourth-order valence-corrected chi connectivity index (χ4v) is 3.94. The van der Waals surface area contributed by atoms with E-state index in [-0.39, 0.29) is 0 Å². The monoisotopic (exact) mass is 534 g/mol. The second-order valence-corrected chi connectivity index (χ2v) is 8.63. The van der Waals surface area contributed by atoms with Gasteiger partial charge < -0.3 is 20.4 Å². The summed E-state index contributed by atoms with van der Waals surface area (Å²) in [7, 11) is 0. The van der Waals surface area contributed by atoms with E-state index in [1.807, 2.05) is 54.0 Å². The number of aliphatic imine (C=N–C) groups is 1. The van der Waals surface area contributed by atoms with Gasteiger partial charge in [-0.2, -0.15) is 0 Å². The van der Waals surface area contributed by atoms with Gasteiger partial charge in [-0.25, -0.2) is 4.79 Å². The number of nitrogens with zero attached hydrogens (tertiary/aromatic N) is 4. The minimum absolute atomic E-state index is 0.438. The Morgan fingerprint density at radius 1 is 0.972 bits per heavy atom. The highest BCUT2D eigenvalue weighted by Crippen LogP contribution is 2.30. The van der Waals surface area contributed by atoms with Crippen LogP contribution in [-0.4, -0.2) is 64.4 Å². The first-order valence-electron chi connectivity index (χ1n) is 10.3. The summed E-state index contributed by atoms with van der Waals surface area (Å²) < 4.78 is 2.01. The van der Waals surface area contributed by atoms with Gasteiger partial charge in [0.1, 0.15) is 12.4 Å². The maximum Gasteiger partial charge on any atom is 0.336 e. The molecule has 0 fully saturated rings. The van der Waals surface area contributed by atoms with Crippen molar-refractivity contribution in [2.45, 2.75) is 31.9 Å². The second kappa shape index (κ2) is 10.9.